The monoisotopic (exact) mass is 443 g/mol. The van der Waals surface area contributed by atoms with Gasteiger partial charge in [-0.05, 0) is 38.1 Å². The molecule has 0 saturated carbocycles. The maximum Gasteiger partial charge on any atom is 0.227 e. The Morgan fingerprint density at radius 3 is 2.61 bits per heavy atom. The average Bonchev–Trinajstić information content (AvgIpc) is 3.36. The zero-order valence-corrected chi connectivity index (χ0v) is 18.2. The van der Waals surface area contributed by atoms with Gasteiger partial charge in [-0.15, -0.1) is 0 Å². The normalized spacial score (nSPS) is 11.2. The fraction of sp³-hybridized carbons (Fsp3) is 0.120. The topological polar surface area (TPSA) is 124 Å². The van der Waals surface area contributed by atoms with Gasteiger partial charge in [-0.3, -0.25) is 4.79 Å². The Balaban J connectivity index is 1.82. The van der Waals surface area contributed by atoms with E-state index in [1.807, 2.05) is 31.2 Å². The van der Waals surface area contributed by atoms with Crippen LogP contribution in [0.5, 0.6) is 17.2 Å². The second-order valence-corrected chi connectivity index (χ2v) is 7.77. The number of rotatable bonds is 4. The summed E-state index contributed by atoms with van der Waals surface area (Å²) in [6.07, 6.45) is 0. The van der Waals surface area contributed by atoms with Crippen molar-refractivity contribution in [2.45, 2.75) is 13.8 Å². The van der Waals surface area contributed by atoms with Crippen molar-refractivity contribution in [2.24, 2.45) is 0 Å². The summed E-state index contributed by atoms with van der Waals surface area (Å²) in [5.41, 5.74) is 3.53. The number of aromatic amines is 2. The number of ether oxygens (including phenoxy) is 1. The van der Waals surface area contributed by atoms with Crippen LogP contribution >= 0.6 is 0 Å². The Bertz CT molecular complexity index is 1580. The number of methoxy groups -OCH3 is 1. The van der Waals surface area contributed by atoms with E-state index in [4.69, 9.17) is 14.1 Å². The molecule has 0 unspecified atom stereocenters. The number of aromatic nitrogens is 3. The fourth-order valence-corrected chi connectivity index (χ4v) is 4.04. The van der Waals surface area contributed by atoms with E-state index in [1.54, 1.807) is 19.1 Å². The van der Waals surface area contributed by atoms with E-state index in [1.165, 1.54) is 19.2 Å². The summed E-state index contributed by atoms with van der Waals surface area (Å²) in [4.78, 5) is 23.7. The van der Waals surface area contributed by atoms with E-state index in [2.05, 4.69) is 9.97 Å². The van der Waals surface area contributed by atoms with Crippen LogP contribution in [0.4, 0.5) is 0 Å². The molecule has 0 spiro atoms. The number of phenols is 1. The van der Waals surface area contributed by atoms with E-state index in [0.717, 1.165) is 22.2 Å². The van der Waals surface area contributed by atoms with E-state index in [9.17, 15) is 15.0 Å². The quantitative estimate of drug-likeness (QED) is 0.314. The van der Waals surface area contributed by atoms with Crippen LogP contribution in [0.2, 0.25) is 0 Å². The number of imidazole rings is 1. The molecule has 33 heavy (non-hydrogen) atoms. The molecule has 0 aliphatic rings. The fourth-order valence-electron chi connectivity index (χ4n) is 4.04. The number of nitrogens with zero attached hydrogens (tertiary/aromatic N) is 1. The number of hydrogen-bond donors (Lipinski definition) is 4. The van der Waals surface area contributed by atoms with Crippen molar-refractivity contribution in [1.29, 1.82) is 0 Å². The third-order valence-corrected chi connectivity index (χ3v) is 5.56. The van der Waals surface area contributed by atoms with Gasteiger partial charge in [0, 0.05) is 33.8 Å². The summed E-state index contributed by atoms with van der Waals surface area (Å²) >= 11 is 0. The summed E-state index contributed by atoms with van der Waals surface area (Å²) in [6.45, 7) is 3.58. The Hall–Kier alpha value is -4.46. The summed E-state index contributed by atoms with van der Waals surface area (Å²) in [5, 5.41) is 21.5. The number of aromatic hydroxyl groups is 2. The molecule has 8 heteroatoms. The molecule has 0 aliphatic carbocycles. The number of H-pyrrole nitrogens is 2. The Morgan fingerprint density at radius 1 is 1.03 bits per heavy atom. The Morgan fingerprint density at radius 2 is 1.82 bits per heavy atom. The van der Waals surface area contributed by atoms with Crippen molar-refractivity contribution < 1.29 is 19.4 Å². The summed E-state index contributed by atoms with van der Waals surface area (Å²) in [5.74, 6) is 0.598. The highest BCUT2D eigenvalue weighted by atomic mass is 16.5. The van der Waals surface area contributed by atoms with Crippen LogP contribution in [0.3, 0.4) is 0 Å². The zero-order chi connectivity index (χ0) is 23.3. The molecule has 0 radical (unpaired) electrons. The number of hydrogen-bond acceptors (Lipinski definition) is 6. The highest BCUT2D eigenvalue weighted by molar-refractivity contribution is 5.97. The highest BCUT2D eigenvalue weighted by Crippen LogP contribution is 2.40. The SMILES string of the molecule is COc1cc(-c2nc(-c3c(C)[nH]c4ccccc34)[nH]c2-c2oc(C)cc(=O)c2O)ccc1O. The van der Waals surface area contributed by atoms with Crippen LogP contribution in [0.1, 0.15) is 11.5 Å². The lowest BCUT2D eigenvalue weighted by molar-refractivity contribution is 0.373. The lowest BCUT2D eigenvalue weighted by atomic mass is 10.1. The maximum atomic E-state index is 12.3. The molecule has 2 aromatic carbocycles. The van der Waals surface area contributed by atoms with Gasteiger partial charge in [0.25, 0.3) is 0 Å². The third-order valence-electron chi connectivity index (χ3n) is 5.56. The van der Waals surface area contributed by atoms with Crippen molar-refractivity contribution in [2.75, 3.05) is 7.11 Å². The first-order valence-electron chi connectivity index (χ1n) is 10.3. The molecule has 5 rings (SSSR count). The van der Waals surface area contributed by atoms with Crippen molar-refractivity contribution in [3.63, 3.8) is 0 Å². The predicted octanol–water partition coefficient (Wildman–Crippen LogP) is 4.88. The second-order valence-electron chi connectivity index (χ2n) is 7.77. The van der Waals surface area contributed by atoms with Crippen LogP contribution in [0.25, 0.3) is 45.0 Å². The first-order valence-corrected chi connectivity index (χ1v) is 10.3. The lowest BCUT2D eigenvalue weighted by Crippen LogP contribution is -2.01. The summed E-state index contributed by atoms with van der Waals surface area (Å²) < 4.78 is 11.0. The highest BCUT2D eigenvalue weighted by Gasteiger charge is 2.24. The van der Waals surface area contributed by atoms with Gasteiger partial charge in [0.05, 0.1) is 7.11 Å². The molecule has 0 aliphatic heterocycles. The third kappa shape index (κ3) is 3.32. The molecule has 4 N–H and O–H groups in total. The minimum Gasteiger partial charge on any atom is -0.504 e. The number of aryl methyl sites for hydroxylation is 2. The lowest BCUT2D eigenvalue weighted by Gasteiger charge is -2.08. The molecule has 166 valence electrons. The molecule has 0 amide bonds. The largest absolute Gasteiger partial charge is 0.504 e. The van der Waals surface area contributed by atoms with Gasteiger partial charge in [-0.1, -0.05) is 18.2 Å². The summed E-state index contributed by atoms with van der Waals surface area (Å²) in [7, 11) is 1.45. The number of fused-ring (bicyclic) bond motifs is 1. The Kier molecular flexibility index (Phi) is 4.70. The molecule has 3 heterocycles. The molecule has 3 aromatic heterocycles. The number of para-hydroxylation sites is 1. The minimum absolute atomic E-state index is 0.0155. The standard InChI is InChI=1S/C25H21N3O5/c1-12-10-18(30)23(31)24(33-12)22-21(14-8-9-17(29)19(11-14)32-3)27-25(28-22)20-13(2)26-16-7-5-4-6-15(16)20/h4-11,26,29,31H,1-3H3,(H,27,28). The molecule has 0 atom stereocenters. The van der Waals surface area contributed by atoms with E-state index >= 15 is 0 Å². The van der Waals surface area contributed by atoms with Crippen molar-refractivity contribution in [1.82, 2.24) is 15.0 Å². The molecule has 8 nitrogen and oxygen atoms in total. The van der Waals surface area contributed by atoms with Gasteiger partial charge in [0.15, 0.2) is 17.3 Å². The minimum atomic E-state index is -0.553. The first kappa shape index (κ1) is 20.4. The van der Waals surface area contributed by atoms with Crippen molar-refractivity contribution in [3.05, 3.63) is 70.2 Å². The number of nitrogens with one attached hydrogen (secondary N) is 2. The van der Waals surface area contributed by atoms with Crippen LogP contribution in [-0.2, 0) is 0 Å². The second kappa shape index (κ2) is 7.59. The van der Waals surface area contributed by atoms with Gasteiger partial charge in [0.1, 0.15) is 23.0 Å². The zero-order valence-electron chi connectivity index (χ0n) is 18.2. The Labute approximate surface area is 188 Å². The van der Waals surface area contributed by atoms with Gasteiger partial charge < -0.3 is 29.3 Å². The first-order chi connectivity index (χ1) is 15.9. The van der Waals surface area contributed by atoms with Gasteiger partial charge in [-0.25, -0.2) is 4.98 Å². The van der Waals surface area contributed by atoms with Crippen LogP contribution in [0.15, 0.2) is 57.7 Å². The van der Waals surface area contributed by atoms with E-state index in [-0.39, 0.29) is 17.3 Å². The molecule has 0 bridgehead atoms. The van der Waals surface area contributed by atoms with Gasteiger partial charge in [0.2, 0.25) is 11.2 Å². The number of phenolic OH excluding ortho intramolecular Hbond substituents is 1. The smallest absolute Gasteiger partial charge is 0.227 e. The molecule has 0 fully saturated rings. The van der Waals surface area contributed by atoms with Crippen molar-refractivity contribution >= 4 is 10.9 Å². The molecular weight excluding hydrogens is 422 g/mol. The molecular formula is C25H21N3O5. The average molecular weight is 443 g/mol. The molecule has 0 saturated heterocycles. The van der Waals surface area contributed by atoms with Gasteiger partial charge >= 0.3 is 0 Å². The van der Waals surface area contributed by atoms with Crippen molar-refractivity contribution in [3.8, 4) is 51.3 Å². The number of benzene rings is 2. The van der Waals surface area contributed by atoms with E-state index in [0.29, 0.717) is 28.5 Å². The van der Waals surface area contributed by atoms with Crippen LogP contribution in [0, 0.1) is 13.8 Å². The summed E-state index contributed by atoms with van der Waals surface area (Å²) in [6, 6.07) is 13.9. The van der Waals surface area contributed by atoms with E-state index < -0.39 is 11.2 Å². The molecule has 5 aromatic rings. The maximum absolute atomic E-state index is 12.3. The predicted molar refractivity (Wildman–Crippen MR) is 125 cm³/mol. The van der Waals surface area contributed by atoms with Crippen LogP contribution in [-0.4, -0.2) is 32.3 Å². The van der Waals surface area contributed by atoms with Crippen LogP contribution < -0.4 is 10.2 Å². The van der Waals surface area contributed by atoms with Gasteiger partial charge in [-0.2, -0.15) is 0 Å².